The number of benzene rings is 4. The van der Waals surface area contributed by atoms with Crippen LogP contribution in [0.4, 0.5) is 5.69 Å². The van der Waals surface area contributed by atoms with Gasteiger partial charge < -0.3 is 29.2 Å². The van der Waals surface area contributed by atoms with Crippen LogP contribution in [0.3, 0.4) is 0 Å². The molecule has 13 nitrogen and oxygen atoms in total. The number of ether oxygens (including phenoxy) is 3. The van der Waals surface area contributed by atoms with Crippen molar-refractivity contribution in [3.05, 3.63) is 108 Å². The average Bonchev–Trinajstić information content (AvgIpc) is 3.68. The number of hydrogen-bond acceptors (Lipinski definition) is 9. The number of hydrogen-bond donors (Lipinski definition) is 3. The third kappa shape index (κ3) is 9.42. The average molecular weight is 795 g/mol. The van der Waals surface area contributed by atoms with Gasteiger partial charge in [0.15, 0.2) is 0 Å². The number of aromatic nitrogens is 3. The molecule has 3 N–H and O–H groups in total. The lowest BCUT2D eigenvalue weighted by atomic mass is 9.98. The summed E-state index contributed by atoms with van der Waals surface area (Å²) in [4.78, 5) is 15.6. The normalized spacial score (nSPS) is 13.7. The molecular weight excluding hydrogens is 745 g/mol. The van der Waals surface area contributed by atoms with E-state index in [0.717, 1.165) is 80.5 Å². The number of para-hydroxylation sites is 1. The van der Waals surface area contributed by atoms with Crippen molar-refractivity contribution in [1.82, 2.24) is 24.0 Å². The molecule has 0 unspecified atom stereocenters. The van der Waals surface area contributed by atoms with Crippen molar-refractivity contribution in [1.29, 1.82) is 0 Å². The Labute approximate surface area is 333 Å². The van der Waals surface area contributed by atoms with Crippen LogP contribution in [0, 0.1) is 6.92 Å². The number of carboxylic acid groups (broad SMARTS) is 1. The van der Waals surface area contributed by atoms with Crippen molar-refractivity contribution in [2.24, 2.45) is 7.05 Å². The van der Waals surface area contributed by atoms with Gasteiger partial charge in [-0.3, -0.25) is 9.58 Å². The number of carboxylic acids is 1. The Morgan fingerprint density at radius 2 is 1.65 bits per heavy atom. The summed E-state index contributed by atoms with van der Waals surface area (Å²) in [5.74, 6) is 0.517. The Balaban J connectivity index is 1.17. The third-order valence-corrected chi connectivity index (χ3v) is 11.1. The Kier molecular flexibility index (Phi) is 12.4. The maximum Gasteiger partial charge on any atom is 0.352 e. The molecule has 0 saturated carbocycles. The van der Waals surface area contributed by atoms with Gasteiger partial charge in [-0.1, -0.05) is 54.6 Å². The first kappa shape index (κ1) is 39.8. The highest BCUT2D eigenvalue weighted by atomic mass is 32.2. The first-order valence-electron chi connectivity index (χ1n) is 19.3. The second-order valence-corrected chi connectivity index (χ2v) is 16.1. The molecule has 1 aliphatic rings. The number of morpholine rings is 1. The number of nitrogens with zero attached hydrogens (tertiary/aromatic N) is 4. The van der Waals surface area contributed by atoms with Gasteiger partial charge in [0.25, 0.3) is 0 Å². The molecule has 0 radical (unpaired) electrons. The fourth-order valence-electron chi connectivity index (χ4n) is 7.71. The number of aromatic carboxylic acids is 1. The number of fused-ring (bicyclic) bond motifs is 2. The number of anilines is 1. The zero-order valence-electron chi connectivity index (χ0n) is 32.7. The van der Waals surface area contributed by atoms with Gasteiger partial charge in [0.05, 0.1) is 43.0 Å². The molecule has 1 aliphatic heterocycles. The van der Waals surface area contributed by atoms with Crippen LogP contribution in [-0.2, 0) is 41.4 Å². The summed E-state index contributed by atoms with van der Waals surface area (Å²) < 4.78 is 47.2. The maximum atomic E-state index is 13.3. The Hall–Kier alpha value is -5.41. The van der Waals surface area contributed by atoms with Gasteiger partial charge in [-0.25, -0.2) is 17.9 Å². The van der Waals surface area contributed by atoms with Gasteiger partial charge in [0.1, 0.15) is 23.8 Å². The van der Waals surface area contributed by atoms with E-state index >= 15 is 0 Å². The van der Waals surface area contributed by atoms with E-state index in [9.17, 15) is 18.3 Å². The molecule has 0 bridgehead atoms. The molecule has 6 aromatic rings. The molecule has 1 fully saturated rings. The molecule has 300 valence electrons. The maximum absolute atomic E-state index is 13.3. The quantitative estimate of drug-likeness (QED) is 0.0874. The van der Waals surface area contributed by atoms with Crippen molar-refractivity contribution in [3.63, 3.8) is 0 Å². The lowest BCUT2D eigenvalue weighted by Crippen LogP contribution is -2.38. The Morgan fingerprint density at radius 1 is 0.912 bits per heavy atom. The highest BCUT2D eigenvalue weighted by molar-refractivity contribution is 7.88. The fraction of sp³-hybridized carbons (Fsp3) is 0.349. The topological polar surface area (TPSA) is 149 Å². The molecule has 14 heteroatoms. The van der Waals surface area contributed by atoms with E-state index in [-0.39, 0.29) is 13.2 Å². The predicted molar refractivity (Wildman–Crippen MR) is 223 cm³/mol. The number of carbonyl (C=O) groups is 1. The standard InChI is InChI=1S/C43H50N6O7S/c1-30-40(38(47(2)46-30)29-56-33-18-16-32(17-19-33)44-20-21-45-57(3,52)53)37-13-7-12-35-36(14-8-26-55-39-15-6-10-31-9-4-5-11-34(31)39)42(43(50)51)49(41(35)37)23-22-48-24-27-54-28-25-48/h4-7,9-13,15-19,44-45H,8,14,20-29H2,1-3H3,(H,50,51). The van der Waals surface area contributed by atoms with E-state index in [1.54, 1.807) is 0 Å². The minimum absolute atomic E-state index is 0.229. The molecule has 57 heavy (non-hydrogen) atoms. The van der Waals surface area contributed by atoms with Crippen molar-refractivity contribution >= 4 is 43.4 Å². The summed E-state index contributed by atoms with van der Waals surface area (Å²) >= 11 is 0. The number of rotatable bonds is 18. The lowest BCUT2D eigenvalue weighted by Gasteiger charge is -2.27. The Bertz CT molecular complexity index is 2450. The zero-order valence-corrected chi connectivity index (χ0v) is 33.5. The van der Waals surface area contributed by atoms with Crippen LogP contribution < -0.4 is 19.5 Å². The number of sulfonamides is 1. The van der Waals surface area contributed by atoms with Gasteiger partial charge in [0.2, 0.25) is 10.0 Å². The molecule has 0 spiro atoms. The Morgan fingerprint density at radius 3 is 2.42 bits per heavy atom. The minimum Gasteiger partial charge on any atom is -0.493 e. The third-order valence-electron chi connectivity index (χ3n) is 10.4. The molecule has 1 saturated heterocycles. The van der Waals surface area contributed by atoms with E-state index in [1.165, 1.54) is 0 Å². The molecule has 7 rings (SSSR count). The molecule has 2 aromatic heterocycles. The number of nitrogens with one attached hydrogen (secondary N) is 2. The largest absolute Gasteiger partial charge is 0.493 e. The van der Waals surface area contributed by atoms with Crippen LogP contribution in [0.1, 0.15) is 33.9 Å². The molecule has 4 aromatic carbocycles. The molecule has 0 atom stereocenters. The van der Waals surface area contributed by atoms with Crippen molar-refractivity contribution in [2.75, 3.05) is 64.1 Å². The van der Waals surface area contributed by atoms with Gasteiger partial charge >= 0.3 is 5.97 Å². The van der Waals surface area contributed by atoms with Gasteiger partial charge in [-0.2, -0.15) is 5.10 Å². The van der Waals surface area contributed by atoms with E-state index in [0.29, 0.717) is 63.7 Å². The van der Waals surface area contributed by atoms with Crippen molar-refractivity contribution in [3.8, 4) is 22.6 Å². The van der Waals surface area contributed by atoms with Crippen molar-refractivity contribution in [2.45, 2.75) is 32.9 Å². The van der Waals surface area contributed by atoms with Crippen LogP contribution in [0.5, 0.6) is 11.5 Å². The molecule has 0 amide bonds. The van der Waals surface area contributed by atoms with E-state index in [2.05, 4.69) is 39.2 Å². The molecule has 0 aliphatic carbocycles. The van der Waals surface area contributed by atoms with Crippen molar-refractivity contribution < 1.29 is 32.5 Å². The van der Waals surface area contributed by atoms with Crippen LogP contribution in [0.15, 0.2) is 84.9 Å². The molecule has 3 heterocycles. The molecular formula is C43H50N6O7S. The van der Waals surface area contributed by atoms with E-state index < -0.39 is 16.0 Å². The minimum atomic E-state index is -3.25. The summed E-state index contributed by atoms with van der Waals surface area (Å²) in [5.41, 5.74) is 6.29. The van der Waals surface area contributed by atoms with Gasteiger partial charge in [0, 0.05) is 73.9 Å². The van der Waals surface area contributed by atoms with Gasteiger partial charge in [-0.05, 0) is 61.0 Å². The zero-order chi connectivity index (χ0) is 39.9. The smallest absolute Gasteiger partial charge is 0.352 e. The first-order valence-corrected chi connectivity index (χ1v) is 21.2. The lowest BCUT2D eigenvalue weighted by molar-refractivity contribution is 0.0362. The second kappa shape index (κ2) is 17.8. The predicted octanol–water partition coefficient (Wildman–Crippen LogP) is 6.09. The van der Waals surface area contributed by atoms with Crippen LogP contribution in [0.25, 0.3) is 32.8 Å². The van der Waals surface area contributed by atoms with E-state index in [4.69, 9.17) is 19.3 Å². The van der Waals surface area contributed by atoms with Crippen LogP contribution in [0.2, 0.25) is 0 Å². The summed E-state index contributed by atoms with van der Waals surface area (Å²) in [6.45, 7) is 7.46. The highest BCUT2D eigenvalue weighted by Crippen LogP contribution is 2.39. The summed E-state index contributed by atoms with van der Waals surface area (Å²) in [6.07, 6.45) is 2.29. The summed E-state index contributed by atoms with van der Waals surface area (Å²) in [7, 11) is -1.35. The SMILES string of the molecule is Cc1nn(C)c(COc2ccc(NCCNS(C)(=O)=O)cc2)c1-c1cccc2c(CCCOc3cccc4ccccc34)c(C(=O)O)n(CCN3CCOCC3)c12. The van der Waals surface area contributed by atoms with Gasteiger partial charge in [-0.15, -0.1) is 0 Å². The van der Waals surface area contributed by atoms with E-state index in [1.807, 2.05) is 83.9 Å². The highest BCUT2D eigenvalue weighted by Gasteiger charge is 2.27. The summed E-state index contributed by atoms with van der Waals surface area (Å²) in [5, 5.41) is 22.0. The summed E-state index contributed by atoms with van der Waals surface area (Å²) in [6, 6.07) is 27.7. The fourth-order valence-corrected chi connectivity index (χ4v) is 8.18. The number of aryl methyl sites for hydroxylation is 3. The van der Waals surface area contributed by atoms with Crippen LogP contribution in [-0.4, -0.2) is 97.5 Å². The first-order chi connectivity index (χ1) is 27.6. The van der Waals surface area contributed by atoms with Crippen LogP contribution >= 0.6 is 0 Å². The second-order valence-electron chi connectivity index (χ2n) is 14.3. The monoisotopic (exact) mass is 794 g/mol.